The molecule has 0 unspecified atom stereocenters. The van der Waals surface area contributed by atoms with Crippen LogP contribution in [0, 0.1) is 0 Å². The average molecular weight is 324 g/mol. The number of carbonyl (C=O) groups excluding carboxylic acids is 1. The summed E-state index contributed by atoms with van der Waals surface area (Å²) in [4.78, 5) is 20.0. The van der Waals surface area contributed by atoms with Crippen LogP contribution in [-0.4, -0.2) is 18.0 Å². The number of hydrogen-bond donors (Lipinski definition) is 0. The van der Waals surface area contributed by atoms with Crippen LogP contribution in [0.3, 0.4) is 0 Å². The summed E-state index contributed by atoms with van der Waals surface area (Å²) in [6, 6.07) is 16.7. The third-order valence-electron chi connectivity index (χ3n) is 3.40. The van der Waals surface area contributed by atoms with E-state index in [0.717, 1.165) is 10.6 Å². The molecule has 0 aliphatic carbocycles. The zero-order valence-electron chi connectivity index (χ0n) is 12.7. The Labute approximate surface area is 139 Å². The largest absolute Gasteiger partial charge is 0.497 e. The Balaban J connectivity index is 1.91. The molecule has 2 aromatic heterocycles. The molecule has 0 aliphatic heterocycles. The molecular formula is C18H16N2O2S. The Kier molecular flexibility index (Phi) is 4.68. The van der Waals surface area contributed by atoms with E-state index >= 15 is 0 Å². The van der Waals surface area contributed by atoms with Crippen molar-refractivity contribution < 1.29 is 9.53 Å². The maximum absolute atomic E-state index is 12.9. The van der Waals surface area contributed by atoms with E-state index in [9.17, 15) is 4.79 Å². The van der Waals surface area contributed by atoms with Gasteiger partial charge in [0.25, 0.3) is 5.91 Å². The first-order valence-electron chi connectivity index (χ1n) is 7.17. The van der Waals surface area contributed by atoms with Gasteiger partial charge in [0.2, 0.25) is 0 Å². The minimum Gasteiger partial charge on any atom is -0.497 e. The zero-order chi connectivity index (χ0) is 16.1. The number of thiophene rings is 1. The minimum absolute atomic E-state index is 0.0836. The Morgan fingerprint density at radius 1 is 1.13 bits per heavy atom. The lowest BCUT2D eigenvalue weighted by Crippen LogP contribution is -2.30. The topological polar surface area (TPSA) is 42.4 Å². The van der Waals surface area contributed by atoms with Crippen LogP contribution in [0.25, 0.3) is 0 Å². The molecule has 1 amide bonds. The molecule has 4 nitrogen and oxygen atoms in total. The van der Waals surface area contributed by atoms with Crippen LogP contribution in [0.5, 0.6) is 5.75 Å². The smallest absolute Gasteiger partial charge is 0.259 e. The molecule has 0 spiro atoms. The second kappa shape index (κ2) is 7.07. The van der Waals surface area contributed by atoms with Crippen molar-refractivity contribution >= 4 is 23.1 Å². The minimum atomic E-state index is -0.0836. The third kappa shape index (κ3) is 3.57. The van der Waals surface area contributed by atoms with Gasteiger partial charge in [-0.05, 0) is 47.8 Å². The highest BCUT2D eigenvalue weighted by atomic mass is 32.1. The van der Waals surface area contributed by atoms with Gasteiger partial charge >= 0.3 is 0 Å². The molecule has 0 saturated carbocycles. The highest BCUT2D eigenvalue weighted by molar-refractivity contribution is 7.09. The SMILES string of the molecule is COc1ccc(C(=O)N(Cc2cccs2)c2ccccn2)cc1. The first kappa shape index (κ1) is 15.2. The van der Waals surface area contributed by atoms with E-state index in [1.807, 2.05) is 35.7 Å². The predicted octanol–water partition coefficient (Wildman–Crippen LogP) is 4.00. The summed E-state index contributed by atoms with van der Waals surface area (Å²) in [5.74, 6) is 1.28. The molecule has 1 aromatic carbocycles. The molecule has 0 fully saturated rings. The van der Waals surface area contributed by atoms with Gasteiger partial charge < -0.3 is 4.74 Å². The Bertz CT molecular complexity index is 755. The third-order valence-corrected chi connectivity index (χ3v) is 4.26. The number of benzene rings is 1. The summed E-state index contributed by atoms with van der Waals surface area (Å²) in [5.41, 5.74) is 0.605. The Hall–Kier alpha value is -2.66. The number of amides is 1. The molecule has 2 heterocycles. The van der Waals surface area contributed by atoms with E-state index in [0.29, 0.717) is 17.9 Å². The van der Waals surface area contributed by atoms with Gasteiger partial charge in [0.05, 0.1) is 13.7 Å². The normalized spacial score (nSPS) is 10.3. The zero-order valence-corrected chi connectivity index (χ0v) is 13.5. The van der Waals surface area contributed by atoms with Gasteiger partial charge in [-0.2, -0.15) is 0 Å². The van der Waals surface area contributed by atoms with Crippen LogP contribution in [0.1, 0.15) is 15.2 Å². The van der Waals surface area contributed by atoms with Gasteiger partial charge in [-0.3, -0.25) is 9.69 Å². The number of ether oxygens (including phenoxy) is 1. The number of nitrogens with zero attached hydrogens (tertiary/aromatic N) is 2. The van der Waals surface area contributed by atoms with Crippen LogP contribution in [0.4, 0.5) is 5.82 Å². The molecule has 0 N–H and O–H groups in total. The van der Waals surface area contributed by atoms with Crippen LogP contribution in [-0.2, 0) is 6.54 Å². The standard InChI is InChI=1S/C18H16N2O2S/c1-22-15-9-7-14(8-10-15)18(21)20(13-16-5-4-12-23-16)17-6-2-3-11-19-17/h2-12H,13H2,1H3. The van der Waals surface area contributed by atoms with Crippen molar-refractivity contribution in [2.45, 2.75) is 6.54 Å². The van der Waals surface area contributed by atoms with Gasteiger partial charge in [-0.1, -0.05) is 12.1 Å². The van der Waals surface area contributed by atoms with Crippen molar-refractivity contribution in [3.05, 3.63) is 76.6 Å². The molecule has 116 valence electrons. The van der Waals surface area contributed by atoms with Crippen molar-refractivity contribution in [2.75, 3.05) is 12.0 Å². The summed E-state index contributed by atoms with van der Waals surface area (Å²) in [5, 5.41) is 2.00. The molecule has 0 bridgehead atoms. The maximum atomic E-state index is 12.9. The van der Waals surface area contributed by atoms with Crippen LogP contribution >= 0.6 is 11.3 Å². The second-order valence-corrected chi connectivity index (χ2v) is 5.92. The van der Waals surface area contributed by atoms with Gasteiger partial charge in [0.1, 0.15) is 11.6 Å². The lowest BCUT2D eigenvalue weighted by atomic mass is 10.2. The van der Waals surface area contributed by atoms with Gasteiger partial charge in [0, 0.05) is 16.6 Å². The van der Waals surface area contributed by atoms with E-state index < -0.39 is 0 Å². The van der Waals surface area contributed by atoms with E-state index in [1.165, 1.54) is 0 Å². The molecule has 0 radical (unpaired) electrons. The fraction of sp³-hybridized carbons (Fsp3) is 0.111. The number of hydrogen-bond acceptors (Lipinski definition) is 4. The van der Waals surface area contributed by atoms with E-state index in [4.69, 9.17) is 4.74 Å². The number of pyridine rings is 1. The van der Waals surface area contributed by atoms with E-state index in [-0.39, 0.29) is 5.91 Å². The van der Waals surface area contributed by atoms with Gasteiger partial charge in [0.15, 0.2) is 0 Å². The number of methoxy groups -OCH3 is 1. The molecular weight excluding hydrogens is 308 g/mol. The summed E-state index contributed by atoms with van der Waals surface area (Å²) in [7, 11) is 1.60. The molecule has 23 heavy (non-hydrogen) atoms. The quantitative estimate of drug-likeness (QED) is 0.712. The number of anilines is 1. The van der Waals surface area contributed by atoms with E-state index in [2.05, 4.69) is 4.98 Å². The van der Waals surface area contributed by atoms with Crippen molar-refractivity contribution in [1.82, 2.24) is 4.98 Å². The second-order valence-electron chi connectivity index (χ2n) is 4.89. The first-order chi connectivity index (χ1) is 11.3. The number of aromatic nitrogens is 1. The number of rotatable bonds is 5. The Morgan fingerprint density at radius 2 is 1.96 bits per heavy atom. The van der Waals surface area contributed by atoms with Crippen molar-refractivity contribution in [3.63, 3.8) is 0 Å². The maximum Gasteiger partial charge on any atom is 0.259 e. The Morgan fingerprint density at radius 3 is 2.57 bits per heavy atom. The monoisotopic (exact) mass is 324 g/mol. The van der Waals surface area contributed by atoms with Gasteiger partial charge in [-0.15, -0.1) is 11.3 Å². The summed E-state index contributed by atoms with van der Waals surface area (Å²) in [6.07, 6.45) is 1.69. The highest BCUT2D eigenvalue weighted by Crippen LogP contribution is 2.21. The van der Waals surface area contributed by atoms with Gasteiger partial charge in [-0.25, -0.2) is 4.98 Å². The molecule has 0 saturated heterocycles. The first-order valence-corrected chi connectivity index (χ1v) is 8.05. The summed E-state index contributed by atoms with van der Waals surface area (Å²) in [6.45, 7) is 0.500. The molecule has 0 atom stereocenters. The van der Waals surface area contributed by atoms with Crippen molar-refractivity contribution in [1.29, 1.82) is 0 Å². The summed E-state index contributed by atoms with van der Waals surface area (Å²) >= 11 is 1.62. The average Bonchev–Trinajstić information content (AvgIpc) is 3.13. The van der Waals surface area contributed by atoms with Crippen molar-refractivity contribution in [2.24, 2.45) is 0 Å². The lowest BCUT2D eigenvalue weighted by Gasteiger charge is -2.21. The molecule has 3 aromatic rings. The predicted molar refractivity (Wildman–Crippen MR) is 92.1 cm³/mol. The van der Waals surface area contributed by atoms with Crippen molar-refractivity contribution in [3.8, 4) is 5.75 Å². The lowest BCUT2D eigenvalue weighted by molar-refractivity contribution is 0.0984. The van der Waals surface area contributed by atoms with Crippen LogP contribution in [0.15, 0.2) is 66.2 Å². The summed E-state index contributed by atoms with van der Waals surface area (Å²) < 4.78 is 5.14. The fourth-order valence-corrected chi connectivity index (χ4v) is 2.91. The highest BCUT2D eigenvalue weighted by Gasteiger charge is 2.19. The molecule has 0 aliphatic rings. The molecule has 5 heteroatoms. The molecule has 3 rings (SSSR count). The van der Waals surface area contributed by atoms with Crippen LogP contribution < -0.4 is 9.64 Å². The number of carbonyl (C=O) groups is 1. The van der Waals surface area contributed by atoms with E-state index in [1.54, 1.807) is 53.8 Å². The van der Waals surface area contributed by atoms with Crippen LogP contribution in [0.2, 0.25) is 0 Å². The fourth-order valence-electron chi connectivity index (χ4n) is 2.22.